The zero-order valence-electron chi connectivity index (χ0n) is 21.2. The maximum Gasteiger partial charge on any atom is 0.341 e. The van der Waals surface area contributed by atoms with Gasteiger partial charge in [0.15, 0.2) is 11.0 Å². The van der Waals surface area contributed by atoms with Gasteiger partial charge in [0.05, 0.1) is 12.9 Å². The molecule has 0 aliphatic heterocycles. The van der Waals surface area contributed by atoms with Crippen LogP contribution in [0.1, 0.15) is 34.1 Å². The summed E-state index contributed by atoms with van der Waals surface area (Å²) in [6, 6.07) is 9.57. The third kappa shape index (κ3) is 5.34. The van der Waals surface area contributed by atoms with E-state index in [1.165, 1.54) is 47.1 Å². The molecule has 5 rings (SSSR count). The van der Waals surface area contributed by atoms with Crippen molar-refractivity contribution >= 4 is 51.3 Å². The van der Waals surface area contributed by atoms with Gasteiger partial charge in [0.1, 0.15) is 10.6 Å². The van der Waals surface area contributed by atoms with Crippen LogP contribution in [0.4, 0.5) is 5.00 Å². The Kier molecular flexibility index (Phi) is 8.11. The van der Waals surface area contributed by atoms with Gasteiger partial charge in [0, 0.05) is 33.3 Å². The summed E-state index contributed by atoms with van der Waals surface area (Å²) in [7, 11) is 1.34. The first-order chi connectivity index (χ1) is 18.5. The first-order valence-electron chi connectivity index (χ1n) is 12.3. The molecule has 0 fully saturated rings. The van der Waals surface area contributed by atoms with Crippen molar-refractivity contribution in [1.82, 2.24) is 14.8 Å². The first kappa shape index (κ1) is 26.4. The van der Waals surface area contributed by atoms with E-state index in [2.05, 4.69) is 34.4 Å². The van der Waals surface area contributed by atoms with Gasteiger partial charge in [-0.1, -0.05) is 55.1 Å². The lowest BCUT2D eigenvalue weighted by atomic mass is 9.88. The summed E-state index contributed by atoms with van der Waals surface area (Å²) >= 11 is 4.42. The van der Waals surface area contributed by atoms with Crippen molar-refractivity contribution in [3.63, 3.8) is 0 Å². The van der Waals surface area contributed by atoms with Crippen LogP contribution in [-0.2, 0) is 28.9 Å². The van der Waals surface area contributed by atoms with Crippen LogP contribution >= 0.6 is 34.4 Å². The van der Waals surface area contributed by atoms with Crippen LogP contribution in [0.5, 0.6) is 0 Å². The third-order valence-corrected chi connectivity index (χ3v) is 9.44. The molecule has 0 radical (unpaired) electrons. The lowest BCUT2D eigenvalue weighted by Crippen LogP contribution is -2.16. The number of hydrogen-bond donors (Lipinski definition) is 1. The lowest BCUT2D eigenvalue weighted by molar-refractivity contribution is -0.113. The van der Waals surface area contributed by atoms with E-state index in [0.717, 1.165) is 35.4 Å². The van der Waals surface area contributed by atoms with Crippen LogP contribution < -0.4 is 5.32 Å². The molecule has 0 bridgehead atoms. The second kappa shape index (κ2) is 11.7. The number of methoxy groups -OCH3 is 1. The van der Waals surface area contributed by atoms with Crippen molar-refractivity contribution in [2.75, 3.05) is 18.2 Å². The zero-order chi connectivity index (χ0) is 26.6. The smallest absolute Gasteiger partial charge is 0.341 e. The van der Waals surface area contributed by atoms with Crippen molar-refractivity contribution in [3.8, 4) is 22.5 Å². The number of ether oxygens (including phenoxy) is 1. The number of amides is 1. The number of carbonyl (C=O) groups is 2. The fraction of sp³-hybridized carbons (Fsp3) is 0.286. The molecule has 0 saturated carbocycles. The summed E-state index contributed by atoms with van der Waals surface area (Å²) in [5.41, 5.74) is 4.48. The van der Waals surface area contributed by atoms with Gasteiger partial charge in [0.2, 0.25) is 5.91 Å². The number of carbonyl (C=O) groups excluding carboxylic acids is 2. The highest BCUT2D eigenvalue weighted by molar-refractivity contribution is 7.99. The highest BCUT2D eigenvalue weighted by Gasteiger charge is 2.25. The van der Waals surface area contributed by atoms with E-state index in [1.807, 2.05) is 46.4 Å². The normalized spacial score (nSPS) is 14.6. The number of anilines is 1. The minimum absolute atomic E-state index is 0.119. The molecule has 0 spiro atoms. The number of nitrogens with zero attached hydrogens (tertiary/aromatic N) is 3. The molecule has 1 N–H and O–H groups in total. The Morgan fingerprint density at radius 2 is 2.00 bits per heavy atom. The van der Waals surface area contributed by atoms with E-state index in [4.69, 9.17) is 4.74 Å². The predicted molar refractivity (Wildman–Crippen MR) is 155 cm³/mol. The number of benzene rings is 1. The summed E-state index contributed by atoms with van der Waals surface area (Å²) in [6.07, 6.45) is 5.16. The highest BCUT2D eigenvalue weighted by atomic mass is 32.2. The summed E-state index contributed by atoms with van der Waals surface area (Å²) in [5, 5.41) is 17.0. The molecule has 3 aromatic heterocycles. The Morgan fingerprint density at radius 1 is 1.21 bits per heavy atom. The van der Waals surface area contributed by atoms with Gasteiger partial charge >= 0.3 is 5.97 Å². The van der Waals surface area contributed by atoms with E-state index in [-0.39, 0.29) is 11.7 Å². The molecular formula is C28H28N4O3S3. The quantitative estimate of drug-likeness (QED) is 0.141. The van der Waals surface area contributed by atoms with Gasteiger partial charge in [0.25, 0.3) is 0 Å². The number of nitrogens with one attached hydrogen (secondary N) is 1. The average Bonchev–Trinajstić information content (AvgIpc) is 3.64. The van der Waals surface area contributed by atoms with E-state index in [1.54, 1.807) is 11.3 Å². The molecule has 1 atom stereocenters. The number of thiophene rings is 2. The van der Waals surface area contributed by atoms with E-state index in [0.29, 0.717) is 28.2 Å². The van der Waals surface area contributed by atoms with Crippen LogP contribution in [0.15, 0.2) is 58.9 Å². The highest BCUT2D eigenvalue weighted by Crippen LogP contribution is 2.39. The predicted octanol–water partition coefficient (Wildman–Crippen LogP) is 6.56. The largest absolute Gasteiger partial charge is 0.465 e. The third-order valence-electron chi connectivity index (χ3n) is 6.52. The standard InChI is InChI=1S/C28H28N4O3S3/c1-4-12-32-25(21-15-36-22-13-17(2)10-11-19(21)22)30-31-28(32)38-16-23(33)29-26-24(27(34)35-3)20(14-37-26)18-8-6-5-7-9-18/h4-9,14-15,17H,1,10-13,16H2,2-3H3,(H,29,33). The number of hydrogen-bond acceptors (Lipinski definition) is 8. The number of esters is 1. The van der Waals surface area contributed by atoms with Crippen LogP contribution in [0, 0.1) is 5.92 Å². The molecule has 3 heterocycles. The summed E-state index contributed by atoms with van der Waals surface area (Å²) in [6.45, 7) is 6.75. The van der Waals surface area contributed by atoms with Crippen LogP contribution in [0.25, 0.3) is 22.5 Å². The molecule has 0 saturated heterocycles. The van der Waals surface area contributed by atoms with Crippen molar-refractivity contribution in [1.29, 1.82) is 0 Å². The van der Waals surface area contributed by atoms with Gasteiger partial charge in [-0.05, 0) is 36.3 Å². The van der Waals surface area contributed by atoms with Crippen LogP contribution in [0.3, 0.4) is 0 Å². The van der Waals surface area contributed by atoms with E-state index >= 15 is 0 Å². The van der Waals surface area contributed by atoms with Crippen LogP contribution in [0.2, 0.25) is 0 Å². The average molecular weight is 565 g/mol. The molecule has 4 aromatic rings. The molecule has 1 unspecified atom stereocenters. The first-order valence-corrected chi connectivity index (χ1v) is 15.1. The molecule has 38 heavy (non-hydrogen) atoms. The minimum Gasteiger partial charge on any atom is -0.465 e. The number of aromatic nitrogens is 3. The summed E-state index contributed by atoms with van der Waals surface area (Å²) in [5.74, 6) is 0.915. The summed E-state index contributed by atoms with van der Waals surface area (Å²) in [4.78, 5) is 27.0. The monoisotopic (exact) mass is 564 g/mol. The maximum atomic E-state index is 13.0. The molecular weight excluding hydrogens is 537 g/mol. The van der Waals surface area contributed by atoms with Gasteiger partial charge in [-0.2, -0.15) is 0 Å². The lowest BCUT2D eigenvalue weighted by Gasteiger charge is -2.19. The topological polar surface area (TPSA) is 86.1 Å². The molecule has 10 heteroatoms. The molecule has 1 aliphatic carbocycles. The van der Waals surface area contributed by atoms with Gasteiger partial charge in [-0.3, -0.25) is 9.36 Å². The van der Waals surface area contributed by atoms with E-state index in [9.17, 15) is 9.59 Å². The maximum absolute atomic E-state index is 13.0. The van der Waals surface area contributed by atoms with Crippen molar-refractivity contribution < 1.29 is 14.3 Å². The zero-order valence-corrected chi connectivity index (χ0v) is 23.7. The fourth-order valence-electron chi connectivity index (χ4n) is 4.63. The number of fused-ring (bicyclic) bond motifs is 1. The van der Waals surface area contributed by atoms with Gasteiger partial charge < -0.3 is 10.1 Å². The SMILES string of the molecule is C=CCn1c(SCC(=O)Nc2scc(-c3ccccc3)c2C(=O)OC)nnc1-c1csc2c1CCC(C)C2. The van der Waals surface area contributed by atoms with E-state index < -0.39 is 5.97 Å². The fourth-order valence-corrected chi connectivity index (χ4v) is 7.59. The van der Waals surface area contributed by atoms with Crippen LogP contribution in [-0.4, -0.2) is 39.5 Å². The Bertz CT molecular complexity index is 1470. The Hall–Kier alpha value is -3.21. The molecule has 7 nitrogen and oxygen atoms in total. The Labute approximate surface area is 234 Å². The Balaban J connectivity index is 1.33. The number of thioether (sulfide) groups is 1. The van der Waals surface area contributed by atoms with Crippen molar-refractivity contribution in [3.05, 3.63) is 69.8 Å². The van der Waals surface area contributed by atoms with Gasteiger partial charge in [-0.15, -0.1) is 39.4 Å². The number of allylic oxidation sites excluding steroid dienone is 1. The Morgan fingerprint density at radius 3 is 2.76 bits per heavy atom. The second-order valence-corrected chi connectivity index (χ2v) is 11.9. The van der Waals surface area contributed by atoms with Crippen molar-refractivity contribution in [2.45, 2.75) is 37.9 Å². The minimum atomic E-state index is -0.489. The molecule has 196 valence electrons. The summed E-state index contributed by atoms with van der Waals surface area (Å²) < 4.78 is 7.03. The molecule has 1 aromatic carbocycles. The van der Waals surface area contributed by atoms with Crippen molar-refractivity contribution in [2.24, 2.45) is 5.92 Å². The molecule has 1 amide bonds. The van der Waals surface area contributed by atoms with Gasteiger partial charge in [-0.25, -0.2) is 4.79 Å². The molecule has 1 aliphatic rings. The number of rotatable bonds is 9. The second-order valence-electron chi connectivity index (χ2n) is 9.15.